The van der Waals surface area contributed by atoms with Gasteiger partial charge in [0.1, 0.15) is 13.2 Å². The molecule has 0 aromatic carbocycles. The van der Waals surface area contributed by atoms with Crippen LogP contribution in [-0.2, 0) is 28.6 Å². The first-order valence-corrected chi connectivity index (χ1v) is 24.3. The lowest BCUT2D eigenvalue weighted by molar-refractivity contribution is -0.166. The van der Waals surface area contributed by atoms with E-state index < -0.39 is 12.1 Å². The largest absolute Gasteiger partial charge is 0.462 e. The van der Waals surface area contributed by atoms with E-state index >= 15 is 0 Å². The molecule has 0 fully saturated rings. The van der Waals surface area contributed by atoms with Gasteiger partial charge in [-0.1, -0.05) is 192 Å². The zero-order valence-electron chi connectivity index (χ0n) is 39.8. The molecule has 0 aliphatic carbocycles. The molecule has 1 atom stereocenters. The normalized spacial score (nSPS) is 13.4. The Hall–Kier alpha value is -4.71. The topological polar surface area (TPSA) is 78.9 Å². The maximum absolute atomic E-state index is 12.7. The summed E-state index contributed by atoms with van der Waals surface area (Å²) in [5.74, 6) is -1.17. The molecule has 0 aromatic rings. The van der Waals surface area contributed by atoms with Crippen molar-refractivity contribution in [3.63, 3.8) is 0 Å². The molecule has 63 heavy (non-hydrogen) atoms. The van der Waals surface area contributed by atoms with Crippen molar-refractivity contribution in [2.24, 2.45) is 0 Å². The Morgan fingerprint density at radius 3 is 1.11 bits per heavy atom. The first-order chi connectivity index (χ1) is 31.0. The van der Waals surface area contributed by atoms with Crippen molar-refractivity contribution in [3.05, 3.63) is 146 Å². The number of carbonyl (C=O) groups is 3. The molecule has 0 saturated carbocycles. The number of hydrogen-bond acceptors (Lipinski definition) is 6. The number of rotatable bonds is 41. The van der Waals surface area contributed by atoms with E-state index in [0.29, 0.717) is 19.3 Å². The van der Waals surface area contributed by atoms with E-state index in [9.17, 15) is 14.4 Å². The molecule has 0 aromatic heterocycles. The second kappa shape index (κ2) is 49.9. The van der Waals surface area contributed by atoms with Crippen LogP contribution in [0.4, 0.5) is 0 Å². The predicted octanol–water partition coefficient (Wildman–Crippen LogP) is 16.1. The molecule has 0 heterocycles. The quantitative estimate of drug-likeness (QED) is 0.0264. The first-order valence-electron chi connectivity index (χ1n) is 24.3. The molecule has 0 saturated heterocycles. The van der Waals surface area contributed by atoms with Gasteiger partial charge >= 0.3 is 17.9 Å². The number of hydrogen-bond donors (Lipinski definition) is 0. The van der Waals surface area contributed by atoms with Crippen molar-refractivity contribution >= 4 is 17.9 Å². The summed E-state index contributed by atoms with van der Waals surface area (Å²) in [5.41, 5.74) is 0. The highest BCUT2D eigenvalue weighted by Crippen LogP contribution is 2.10. The zero-order chi connectivity index (χ0) is 45.8. The summed E-state index contributed by atoms with van der Waals surface area (Å²) in [6.45, 7) is 6.16. The van der Waals surface area contributed by atoms with Gasteiger partial charge in [0.15, 0.2) is 6.10 Å². The third kappa shape index (κ3) is 48.2. The van der Waals surface area contributed by atoms with Crippen molar-refractivity contribution in [2.45, 2.75) is 181 Å². The van der Waals surface area contributed by atoms with E-state index in [1.807, 2.05) is 6.08 Å². The van der Waals surface area contributed by atoms with Crippen LogP contribution in [0.15, 0.2) is 146 Å². The Kier molecular flexibility index (Phi) is 46.2. The molecular weight excluding hydrogens is 781 g/mol. The van der Waals surface area contributed by atoms with Crippen molar-refractivity contribution in [3.8, 4) is 0 Å². The van der Waals surface area contributed by atoms with Crippen LogP contribution in [0.5, 0.6) is 0 Å². The van der Waals surface area contributed by atoms with E-state index in [-0.39, 0.29) is 38.0 Å². The van der Waals surface area contributed by atoms with E-state index in [2.05, 4.69) is 154 Å². The monoisotopic (exact) mass is 867 g/mol. The fourth-order valence-corrected chi connectivity index (χ4v) is 5.76. The molecule has 0 aliphatic rings. The summed E-state index contributed by atoms with van der Waals surface area (Å²) >= 11 is 0. The third-order valence-electron chi connectivity index (χ3n) is 9.32. The maximum atomic E-state index is 12.7. The van der Waals surface area contributed by atoms with Crippen LogP contribution < -0.4 is 0 Å². The standard InChI is InChI=1S/C57H86O6/c1-4-7-10-13-16-19-22-25-27-28-30-32-35-38-41-44-47-50-56(59)62-53-54(52-61-55(58)49-46-43-40-37-34-31-24-21-18-15-12-9-6-3)63-57(60)51-48-45-42-39-36-33-29-26-23-20-17-14-11-8-5-2/h7-8,10-12,15-17,19-21,24-27,29-30,32,36,38-39,41,45,48,54H,4-6,9,13-14,18,22-23,28,31,33-35,37,40,42-44,46-47,49-53H2,1-3H3/b10-7-,11-8-,15-12-,19-16-,20-17-,24-21-,27-25-,29-26-,32-30-,39-36-,41-38-,48-45-. The Labute approximate surface area is 385 Å². The molecule has 1 unspecified atom stereocenters. The summed E-state index contributed by atoms with van der Waals surface area (Å²) in [7, 11) is 0. The van der Waals surface area contributed by atoms with Crippen LogP contribution in [0, 0.1) is 0 Å². The van der Waals surface area contributed by atoms with Crippen LogP contribution >= 0.6 is 0 Å². The van der Waals surface area contributed by atoms with Crippen LogP contribution in [0.1, 0.15) is 175 Å². The zero-order valence-corrected chi connectivity index (χ0v) is 39.8. The molecule has 0 spiro atoms. The second-order valence-corrected chi connectivity index (χ2v) is 15.3. The maximum Gasteiger partial charge on any atom is 0.310 e. The molecule has 0 bridgehead atoms. The highest BCUT2D eigenvalue weighted by atomic mass is 16.6. The van der Waals surface area contributed by atoms with Crippen molar-refractivity contribution < 1.29 is 28.6 Å². The lowest BCUT2D eigenvalue weighted by Crippen LogP contribution is -2.30. The lowest BCUT2D eigenvalue weighted by Gasteiger charge is -2.18. The summed E-state index contributed by atoms with van der Waals surface area (Å²) in [6, 6.07) is 0. The van der Waals surface area contributed by atoms with Gasteiger partial charge in [-0.2, -0.15) is 0 Å². The van der Waals surface area contributed by atoms with Gasteiger partial charge in [-0.25, -0.2) is 0 Å². The average molecular weight is 867 g/mol. The van der Waals surface area contributed by atoms with E-state index in [1.165, 1.54) is 6.42 Å². The number of ether oxygens (including phenoxy) is 3. The van der Waals surface area contributed by atoms with Gasteiger partial charge in [0.25, 0.3) is 0 Å². The summed E-state index contributed by atoms with van der Waals surface area (Å²) in [6.07, 6.45) is 71.4. The van der Waals surface area contributed by atoms with Gasteiger partial charge in [0.2, 0.25) is 0 Å². The summed E-state index contributed by atoms with van der Waals surface area (Å²) in [5, 5.41) is 0. The summed E-state index contributed by atoms with van der Waals surface area (Å²) in [4.78, 5) is 37.8. The Morgan fingerprint density at radius 1 is 0.349 bits per heavy atom. The minimum Gasteiger partial charge on any atom is -0.462 e. The fourth-order valence-electron chi connectivity index (χ4n) is 5.76. The first kappa shape index (κ1) is 58.3. The molecule has 6 nitrogen and oxygen atoms in total. The Morgan fingerprint density at radius 2 is 0.683 bits per heavy atom. The number of carbonyl (C=O) groups excluding carboxylic acids is 3. The number of unbranched alkanes of at least 4 members (excludes halogenated alkanes) is 7. The number of allylic oxidation sites excluding steroid dienone is 23. The molecule has 6 heteroatoms. The van der Waals surface area contributed by atoms with Gasteiger partial charge in [-0.05, 0) is 109 Å². The van der Waals surface area contributed by atoms with Crippen LogP contribution in [-0.4, -0.2) is 37.2 Å². The van der Waals surface area contributed by atoms with Gasteiger partial charge in [-0.15, -0.1) is 0 Å². The second-order valence-electron chi connectivity index (χ2n) is 15.3. The molecule has 0 radical (unpaired) electrons. The van der Waals surface area contributed by atoms with Gasteiger partial charge in [-0.3, -0.25) is 14.4 Å². The van der Waals surface area contributed by atoms with E-state index in [1.54, 1.807) is 6.08 Å². The predicted molar refractivity (Wildman–Crippen MR) is 269 cm³/mol. The van der Waals surface area contributed by atoms with Crippen LogP contribution in [0.3, 0.4) is 0 Å². The van der Waals surface area contributed by atoms with Crippen molar-refractivity contribution in [1.82, 2.24) is 0 Å². The highest BCUT2D eigenvalue weighted by molar-refractivity contribution is 5.72. The third-order valence-corrected chi connectivity index (χ3v) is 9.32. The minimum absolute atomic E-state index is 0.0744. The minimum atomic E-state index is -0.866. The van der Waals surface area contributed by atoms with E-state index in [0.717, 1.165) is 116 Å². The summed E-state index contributed by atoms with van der Waals surface area (Å²) < 4.78 is 16.6. The Balaban J connectivity index is 4.66. The molecule has 0 aliphatic heterocycles. The van der Waals surface area contributed by atoms with Crippen LogP contribution in [0.2, 0.25) is 0 Å². The van der Waals surface area contributed by atoms with Gasteiger partial charge in [0.05, 0.1) is 6.42 Å². The lowest BCUT2D eigenvalue weighted by atomic mass is 10.1. The number of esters is 3. The SMILES string of the molecule is CC/C=C\C/C=C\C/C=C\C/C=C\C/C=C\CCCC(=O)OCC(COC(=O)CCCCCCC/C=C\C/C=C\CCC)OC(=O)C/C=C\C/C=C\C/C=C\C/C=C\C/C=C\CC. The van der Waals surface area contributed by atoms with Crippen molar-refractivity contribution in [2.75, 3.05) is 13.2 Å². The molecule has 0 N–H and O–H groups in total. The van der Waals surface area contributed by atoms with Crippen LogP contribution in [0.25, 0.3) is 0 Å². The molecule has 0 rings (SSSR count). The molecule has 0 amide bonds. The molecule has 350 valence electrons. The van der Waals surface area contributed by atoms with Gasteiger partial charge < -0.3 is 14.2 Å². The highest BCUT2D eigenvalue weighted by Gasteiger charge is 2.19. The molecular formula is C57H86O6. The Bertz CT molecular complexity index is 1460. The van der Waals surface area contributed by atoms with Crippen molar-refractivity contribution in [1.29, 1.82) is 0 Å². The van der Waals surface area contributed by atoms with Gasteiger partial charge in [0, 0.05) is 12.8 Å². The smallest absolute Gasteiger partial charge is 0.310 e. The fraction of sp³-hybridized carbons (Fsp3) is 0.526. The van der Waals surface area contributed by atoms with E-state index in [4.69, 9.17) is 14.2 Å². The average Bonchev–Trinajstić information content (AvgIpc) is 3.28.